The van der Waals surface area contributed by atoms with Gasteiger partial charge in [-0.05, 0) is 72.7 Å². The van der Waals surface area contributed by atoms with Gasteiger partial charge in [0.05, 0.1) is 12.8 Å². The lowest BCUT2D eigenvalue weighted by molar-refractivity contribution is -0.117. The van der Waals surface area contributed by atoms with E-state index in [1.807, 2.05) is 55.5 Å². The van der Waals surface area contributed by atoms with Crippen molar-refractivity contribution in [1.82, 2.24) is 0 Å². The van der Waals surface area contributed by atoms with Crippen molar-refractivity contribution in [2.75, 3.05) is 17.7 Å². The van der Waals surface area contributed by atoms with Crippen LogP contribution < -0.4 is 15.4 Å². The molecule has 0 unspecified atom stereocenters. The summed E-state index contributed by atoms with van der Waals surface area (Å²) in [5.74, 6) is 0.522. The summed E-state index contributed by atoms with van der Waals surface area (Å²) in [6.45, 7) is 1.99. The molecule has 0 aliphatic heterocycles. The number of anilines is 2. The van der Waals surface area contributed by atoms with Gasteiger partial charge in [0.1, 0.15) is 11.8 Å². The van der Waals surface area contributed by atoms with Crippen molar-refractivity contribution in [3.8, 4) is 5.75 Å². The molecule has 0 saturated heterocycles. The molecule has 4 rings (SSSR count). The summed E-state index contributed by atoms with van der Waals surface area (Å²) in [5.41, 5.74) is 6.41. The zero-order valence-corrected chi connectivity index (χ0v) is 16.9. The van der Waals surface area contributed by atoms with Crippen LogP contribution in [0, 0.1) is 6.92 Å². The summed E-state index contributed by atoms with van der Waals surface area (Å²) in [5, 5.41) is 6.49. The van der Waals surface area contributed by atoms with E-state index in [1.54, 1.807) is 7.11 Å². The third kappa shape index (κ3) is 4.27. The van der Waals surface area contributed by atoms with Crippen molar-refractivity contribution in [1.29, 1.82) is 0 Å². The Kier molecular flexibility index (Phi) is 5.52. The van der Waals surface area contributed by atoms with Crippen LogP contribution in [0.2, 0.25) is 0 Å². The van der Waals surface area contributed by atoms with Gasteiger partial charge in [0.2, 0.25) is 0 Å². The van der Waals surface area contributed by atoms with Crippen LogP contribution in [0.4, 0.5) is 11.4 Å². The van der Waals surface area contributed by atoms with Gasteiger partial charge in [-0.1, -0.05) is 42.5 Å². The molecule has 1 atom stereocenters. The number of carbonyl (C=O) groups excluding carboxylic acids is 1. The van der Waals surface area contributed by atoms with Gasteiger partial charge in [-0.2, -0.15) is 0 Å². The Bertz CT molecular complexity index is 1010. The average Bonchev–Trinajstić information content (AvgIpc) is 3.20. The van der Waals surface area contributed by atoms with Crippen molar-refractivity contribution in [2.45, 2.75) is 32.2 Å². The average molecular weight is 386 g/mol. The van der Waals surface area contributed by atoms with Gasteiger partial charge in [-0.3, -0.25) is 4.79 Å². The van der Waals surface area contributed by atoms with Crippen molar-refractivity contribution in [3.05, 3.63) is 89.0 Å². The van der Waals surface area contributed by atoms with E-state index in [1.165, 1.54) is 17.5 Å². The summed E-state index contributed by atoms with van der Waals surface area (Å²) in [4.78, 5) is 13.3. The normalized spacial score (nSPS) is 13.4. The lowest BCUT2D eigenvalue weighted by Gasteiger charge is -2.21. The third-order valence-corrected chi connectivity index (χ3v) is 5.42. The molecule has 2 N–H and O–H groups in total. The molecule has 1 aliphatic rings. The van der Waals surface area contributed by atoms with Gasteiger partial charge >= 0.3 is 0 Å². The van der Waals surface area contributed by atoms with Gasteiger partial charge in [0, 0.05) is 5.69 Å². The summed E-state index contributed by atoms with van der Waals surface area (Å²) in [7, 11) is 1.61. The number of methoxy groups -OCH3 is 1. The molecular weight excluding hydrogens is 360 g/mol. The molecule has 4 nitrogen and oxygen atoms in total. The number of hydrogen-bond donors (Lipinski definition) is 2. The standard InChI is InChI=1S/C25H26N2O2/c1-17-11-14-23(29-2)22(15-17)27-25(28)24(19-7-4-3-5-8-19)26-21-13-12-18-9-6-10-20(18)16-21/h3-5,7-8,11-16,24,26H,6,9-10H2,1-2H3,(H,27,28)/t24-/m0/s1. The largest absolute Gasteiger partial charge is 0.495 e. The SMILES string of the molecule is COc1ccc(C)cc1NC(=O)[C@@H](Nc1ccc2c(c1)CCC2)c1ccccc1. The molecule has 1 amide bonds. The Labute approximate surface area is 171 Å². The maximum atomic E-state index is 13.3. The zero-order valence-electron chi connectivity index (χ0n) is 16.9. The van der Waals surface area contributed by atoms with Crippen molar-refractivity contribution in [2.24, 2.45) is 0 Å². The molecule has 3 aromatic rings. The summed E-state index contributed by atoms with van der Waals surface area (Å²) >= 11 is 0. The van der Waals surface area contributed by atoms with Gasteiger partial charge in [0.25, 0.3) is 5.91 Å². The van der Waals surface area contributed by atoms with Crippen molar-refractivity contribution < 1.29 is 9.53 Å². The summed E-state index contributed by atoms with van der Waals surface area (Å²) in [6.07, 6.45) is 3.45. The second-order valence-electron chi connectivity index (χ2n) is 7.52. The van der Waals surface area contributed by atoms with E-state index in [-0.39, 0.29) is 5.91 Å². The number of ether oxygens (including phenoxy) is 1. The first-order valence-electron chi connectivity index (χ1n) is 10.0. The first-order valence-corrected chi connectivity index (χ1v) is 10.0. The molecule has 0 spiro atoms. The van der Waals surface area contributed by atoms with Gasteiger partial charge in [0.15, 0.2) is 0 Å². The van der Waals surface area contributed by atoms with Gasteiger partial charge < -0.3 is 15.4 Å². The minimum atomic E-state index is -0.513. The second kappa shape index (κ2) is 8.39. The fourth-order valence-electron chi connectivity index (χ4n) is 3.90. The van der Waals surface area contributed by atoms with E-state index in [2.05, 4.69) is 28.8 Å². The molecule has 0 saturated carbocycles. The Morgan fingerprint density at radius 1 is 0.966 bits per heavy atom. The van der Waals surface area contributed by atoms with Crippen LogP contribution in [0.5, 0.6) is 5.75 Å². The minimum Gasteiger partial charge on any atom is -0.495 e. The Balaban J connectivity index is 1.62. The fraction of sp³-hybridized carbons (Fsp3) is 0.240. The van der Waals surface area contributed by atoms with Crippen LogP contribution in [0.15, 0.2) is 66.7 Å². The van der Waals surface area contributed by atoms with Crippen LogP contribution >= 0.6 is 0 Å². The predicted molar refractivity (Wildman–Crippen MR) is 118 cm³/mol. The molecule has 3 aromatic carbocycles. The molecule has 0 heterocycles. The van der Waals surface area contributed by atoms with E-state index in [4.69, 9.17) is 4.74 Å². The van der Waals surface area contributed by atoms with Crippen molar-refractivity contribution >= 4 is 17.3 Å². The first kappa shape index (κ1) is 19.1. The van der Waals surface area contributed by atoms with Crippen LogP contribution in [0.3, 0.4) is 0 Å². The topological polar surface area (TPSA) is 50.4 Å². The minimum absolute atomic E-state index is 0.124. The number of hydrogen-bond acceptors (Lipinski definition) is 3. The predicted octanol–water partition coefficient (Wildman–Crippen LogP) is 5.28. The molecule has 148 valence electrons. The van der Waals surface area contributed by atoms with Crippen LogP contribution in [-0.2, 0) is 17.6 Å². The van der Waals surface area contributed by atoms with Crippen LogP contribution in [0.1, 0.15) is 34.7 Å². The summed E-state index contributed by atoms with van der Waals surface area (Å²) < 4.78 is 5.42. The van der Waals surface area contributed by atoms with Crippen LogP contribution in [0.25, 0.3) is 0 Å². The quantitative estimate of drug-likeness (QED) is 0.606. The Hall–Kier alpha value is -3.27. The molecule has 4 heteroatoms. The van der Waals surface area contributed by atoms with E-state index in [0.29, 0.717) is 11.4 Å². The van der Waals surface area contributed by atoms with E-state index < -0.39 is 6.04 Å². The highest BCUT2D eigenvalue weighted by Gasteiger charge is 2.22. The van der Waals surface area contributed by atoms with E-state index >= 15 is 0 Å². The monoisotopic (exact) mass is 386 g/mol. The maximum absolute atomic E-state index is 13.3. The number of nitrogens with one attached hydrogen (secondary N) is 2. The number of fused-ring (bicyclic) bond motifs is 1. The first-order chi connectivity index (χ1) is 14.1. The molecule has 29 heavy (non-hydrogen) atoms. The van der Waals surface area contributed by atoms with E-state index in [9.17, 15) is 4.79 Å². The Morgan fingerprint density at radius 3 is 2.55 bits per heavy atom. The molecule has 0 bridgehead atoms. The third-order valence-electron chi connectivity index (χ3n) is 5.42. The van der Waals surface area contributed by atoms with Crippen molar-refractivity contribution in [3.63, 3.8) is 0 Å². The van der Waals surface area contributed by atoms with E-state index in [0.717, 1.165) is 29.7 Å². The second-order valence-corrected chi connectivity index (χ2v) is 7.52. The number of benzene rings is 3. The summed E-state index contributed by atoms with van der Waals surface area (Å²) in [6, 6.07) is 21.5. The molecule has 0 aromatic heterocycles. The van der Waals surface area contributed by atoms with Gasteiger partial charge in [-0.15, -0.1) is 0 Å². The lowest BCUT2D eigenvalue weighted by Crippen LogP contribution is -2.27. The van der Waals surface area contributed by atoms with Crippen LogP contribution in [-0.4, -0.2) is 13.0 Å². The number of rotatable bonds is 6. The van der Waals surface area contributed by atoms with Gasteiger partial charge in [-0.25, -0.2) is 0 Å². The smallest absolute Gasteiger partial charge is 0.251 e. The molecular formula is C25H26N2O2. The number of carbonyl (C=O) groups is 1. The highest BCUT2D eigenvalue weighted by Crippen LogP contribution is 2.30. The number of amides is 1. The molecule has 0 radical (unpaired) electrons. The highest BCUT2D eigenvalue weighted by atomic mass is 16.5. The lowest BCUT2D eigenvalue weighted by atomic mass is 10.0. The highest BCUT2D eigenvalue weighted by molar-refractivity contribution is 5.98. The number of aryl methyl sites for hydroxylation is 3. The maximum Gasteiger partial charge on any atom is 0.251 e. The molecule has 0 fully saturated rings. The fourth-order valence-corrected chi connectivity index (χ4v) is 3.90. The molecule has 1 aliphatic carbocycles. The Morgan fingerprint density at radius 2 is 1.76 bits per heavy atom. The zero-order chi connectivity index (χ0) is 20.2.